The van der Waals surface area contributed by atoms with Gasteiger partial charge in [-0.2, -0.15) is 13.2 Å². The molecule has 194 valence electrons. The van der Waals surface area contributed by atoms with Crippen molar-refractivity contribution in [2.75, 3.05) is 26.2 Å². The van der Waals surface area contributed by atoms with Crippen LogP contribution in [0, 0.1) is 5.92 Å². The van der Waals surface area contributed by atoms with Gasteiger partial charge in [0.05, 0.1) is 11.7 Å². The predicted octanol–water partition coefficient (Wildman–Crippen LogP) is 5.64. The summed E-state index contributed by atoms with van der Waals surface area (Å²) in [6, 6.07) is 9.32. The molecular formula is C27H30F3NO5. The molecule has 0 spiro atoms. The normalized spacial score (nSPS) is 17.9. The third-order valence-electron chi connectivity index (χ3n) is 6.14. The molecule has 1 saturated heterocycles. The minimum Gasteiger partial charge on any atom is -0.490 e. The number of hydrogen-bond acceptors (Lipinski definition) is 5. The average Bonchev–Trinajstić information content (AvgIpc) is 3.23. The number of carboxylic acids is 1. The van der Waals surface area contributed by atoms with Crippen molar-refractivity contribution < 1.29 is 37.3 Å². The molecule has 0 aliphatic carbocycles. The molecule has 0 saturated carbocycles. The van der Waals surface area contributed by atoms with Crippen LogP contribution in [-0.4, -0.2) is 48.3 Å². The Balaban J connectivity index is 1.38. The molecule has 36 heavy (non-hydrogen) atoms. The Labute approximate surface area is 208 Å². The van der Waals surface area contributed by atoms with E-state index in [0.29, 0.717) is 23.7 Å². The zero-order chi connectivity index (χ0) is 25.9. The van der Waals surface area contributed by atoms with Crippen LogP contribution in [0.2, 0.25) is 0 Å². The van der Waals surface area contributed by atoms with Crippen molar-refractivity contribution in [3.63, 3.8) is 0 Å². The van der Waals surface area contributed by atoms with Gasteiger partial charge in [-0.3, -0.25) is 9.69 Å². The van der Waals surface area contributed by atoms with Crippen LogP contribution in [-0.2, 0) is 17.6 Å². The molecule has 9 heteroatoms. The number of carboxylic acid groups (broad SMARTS) is 1. The molecule has 4 rings (SSSR count). The zero-order valence-electron chi connectivity index (χ0n) is 20.3. The van der Waals surface area contributed by atoms with E-state index in [-0.39, 0.29) is 30.8 Å². The number of rotatable bonds is 9. The molecule has 6 nitrogen and oxygen atoms in total. The second kappa shape index (κ2) is 10.8. The van der Waals surface area contributed by atoms with Crippen LogP contribution < -0.4 is 14.2 Å². The van der Waals surface area contributed by atoms with E-state index in [1.54, 1.807) is 32.0 Å². The van der Waals surface area contributed by atoms with Crippen LogP contribution in [0.5, 0.6) is 17.2 Å². The van der Waals surface area contributed by atoms with Gasteiger partial charge in [0.15, 0.2) is 0 Å². The SMILES string of the molecule is CC(C)Oc1ccc(COc2ccc3c(c2)OCC(CN2CCC(CC(=O)O)C2)=C3)cc1C(F)(F)F. The number of halogens is 3. The highest BCUT2D eigenvalue weighted by molar-refractivity contribution is 5.67. The fraction of sp³-hybridized carbons (Fsp3) is 0.444. The third kappa shape index (κ3) is 6.72. The van der Waals surface area contributed by atoms with Crippen molar-refractivity contribution in [2.45, 2.75) is 45.6 Å². The number of nitrogens with zero attached hydrogens (tertiary/aromatic N) is 1. The monoisotopic (exact) mass is 505 g/mol. The number of likely N-dealkylation sites (tertiary alicyclic amines) is 1. The van der Waals surface area contributed by atoms with Crippen molar-refractivity contribution in [3.05, 3.63) is 58.7 Å². The van der Waals surface area contributed by atoms with Gasteiger partial charge in [-0.25, -0.2) is 0 Å². The van der Waals surface area contributed by atoms with Crippen molar-refractivity contribution in [3.8, 4) is 17.2 Å². The van der Waals surface area contributed by atoms with Crippen molar-refractivity contribution in [2.24, 2.45) is 5.92 Å². The van der Waals surface area contributed by atoms with Crippen LogP contribution >= 0.6 is 0 Å². The highest BCUT2D eigenvalue weighted by Crippen LogP contribution is 2.38. The Morgan fingerprint density at radius 1 is 1.22 bits per heavy atom. The van der Waals surface area contributed by atoms with Gasteiger partial charge in [-0.1, -0.05) is 6.07 Å². The molecule has 1 fully saturated rings. The molecule has 2 aromatic rings. The lowest BCUT2D eigenvalue weighted by Gasteiger charge is -2.23. The summed E-state index contributed by atoms with van der Waals surface area (Å²) in [4.78, 5) is 13.2. The topological polar surface area (TPSA) is 68.2 Å². The van der Waals surface area contributed by atoms with Gasteiger partial charge in [0.1, 0.15) is 30.5 Å². The maximum Gasteiger partial charge on any atom is 0.419 e. The zero-order valence-corrected chi connectivity index (χ0v) is 20.3. The second-order valence-corrected chi connectivity index (χ2v) is 9.56. The van der Waals surface area contributed by atoms with Gasteiger partial charge in [-0.05, 0) is 74.2 Å². The Hall–Kier alpha value is -3.20. The Morgan fingerprint density at radius 2 is 2.03 bits per heavy atom. The number of carbonyl (C=O) groups is 1. The molecule has 2 aromatic carbocycles. The standard InChI is InChI=1S/C27H30F3NO5/c1-17(2)36-24-6-3-19(10-23(24)27(28,29)30)15-34-22-5-4-21-9-20(16-35-25(21)12-22)14-31-8-7-18(13-31)11-26(32)33/h3-6,9-10,12,17-18H,7-8,11,13-16H2,1-2H3,(H,32,33). The summed E-state index contributed by atoms with van der Waals surface area (Å²) in [5, 5.41) is 8.99. The van der Waals surface area contributed by atoms with Gasteiger partial charge >= 0.3 is 12.1 Å². The Morgan fingerprint density at radius 3 is 2.75 bits per heavy atom. The van der Waals surface area contributed by atoms with Crippen LogP contribution in [0.15, 0.2) is 42.0 Å². The van der Waals surface area contributed by atoms with E-state index >= 15 is 0 Å². The number of benzene rings is 2. The first-order valence-electron chi connectivity index (χ1n) is 12.0. The average molecular weight is 506 g/mol. The number of hydrogen-bond donors (Lipinski definition) is 1. The van der Waals surface area contributed by atoms with Crippen LogP contribution in [0.4, 0.5) is 13.2 Å². The summed E-state index contributed by atoms with van der Waals surface area (Å²) in [6.07, 6.45) is -1.75. The Bertz CT molecular complexity index is 1130. The molecule has 0 radical (unpaired) electrons. The fourth-order valence-electron chi connectivity index (χ4n) is 4.54. The van der Waals surface area contributed by atoms with E-state index in [0.717, 1.165) is 43.3 Å². The van der Waals surface area contributed by atoms with E-state index in [9.17, 15) is 18.0 Å². The molecular weight excluding hydrogens is 475 g/mol. The summed E-state index contributed by atoms with van der Waals surface area (Å²) in [5.74, 6) is 0.380. The lowest BCUT2D eigenvalue weighted by molar-refractivity contribution is -0.139. The first kappa shape index (κ1) is 25.9. The van der Waals surface area contributed by atoms with Crippen LogP contribution in [0.25, 0.3) is 6.08 Å². The molecule has 1 unspecified atom stereocenters. The minimum absolute atomic E-state index is 0.0304. The quantitative estimate of drug-likeness (QED) is 0.476. The van der Waals surface area contributed by atoms with E-state index in [1.165, 1.54) is 6.07 Å². The molecule has 2 heterocycles. The lowest BCUT2D eigenvalue weighted by Crippen LogP contribution is -2.26. The molecule has 0 bridgehead atoms. The smallest absolute Gasteiger partial charge is 0.419 e. The van der Waals surface area contributed by atoms with Gasteiger partial charge < -0.3 is 19.3 Å². The van der Waals surface area contributed by atoms with E-state index in [2.05, 4.69) is 11.0 Å². The summed E-state index contributed by atoms with van der Waals surface area (Å²) in [6.45, 7) is 6.11. The molecule has 1 N–H and O–H groups in total. The third-order valence-corrected chi connectivity index (χ3v) is 6.14. The molecule has 0 amide bonds. The molecule has 2 aliphatic heterocycles. The lowest BCUT2D eigenvalue weighted by atomic mass is 10.1. The van der Waals surface area contributed by atoms with Gasteiger partial charge in [0.25, 0.3) is 0 Å². The number of fused-ring (bicyclic) bond motifs is 1. The number of ether oxygens (including phenoxy) is 3. The van der Waals surface area contributed by atoms with E-state index in [1.807, 2.05) is 6.07 Å². The molecule has 2 aliphatic rings. The molecule has 0 aromatic heterocycles. The maximum absolute atomic E-state index is 13.5. The predicted molar refractivity (Wildman–Crippen MR) is 128 cm³/mol. The Kier molecular flexibility index (Phi) is 7.78. The summed E-state index contributed by atoms with van der Waals surface area (Å²) in [7, 11) is 0. The maximum atomic E-state index is 13.5. The van der Waals surface area contributed by atoms with Crippen molar-refractivity contribution in [1.82, 2.24) is 4.90 Å². The van der Waals surface area contributed by atoms with E-state index < -0.39 is 17.7 Å². The summed E-state index contributed by atoms with van der Waals surface area (Å²) >= 11 is 0. The minimum atomic E-state index is -4.53. The highest BCUT2D eigenvalue weighted by Gasteiger charge is 2.35. The summed E-state index contributed by atoms with van der Waals surface area (Å²) in [5.41, 5.74) is 1.57. The van der Waals surface area contributed by atoms with Gasteiger partial charge in [-0.15, -0.1) is 0 Å². The highest BCUT2D eigenvalue weighted by atomic mass is 19.4. The second-order valence-electron chi connectivity index (χ2n) is 9.56. The fourth-order valence-corrected chi connectivity index (χ4v) is 4.54. The number of aliphatic carboxylic acids is 1. The van der Waals surface area contributed by atoms with Crippen molar-refractivity contribution >= 4 is 12.0 Å². The van der Waals surface area contributed by atoms with Crippen LogP contribution in [0.3, 0.4) is 0 Å². The first-order chi connectivity index (χ1) is 17.1. The van der Waals surface area contributed by atoms with Gasteiger partial charge in [0.2, 0.25) is 0 Å². The molecule has 1 atom stereocenters. The van der Waals surface area contributed by atoms with Gasteiger partial charge in [0, 0.05) is 31.1 Å². The summed E-state index contributed by atoms with van der Waals surface area (Å²) < 4.78 is 57.5. The van der Waals surface area contributed by atoms with Crippen molar-refractivity contribution in [1.29, 1.82) is 0 Å². The van der Waals surface area contributed by atoms with Crippen LogP contribution in [0.1, 0.15) is 43.4 Å². The first-order valence-corrected chi connectivity index (χ1v) is 12.0. The largest absolute Gasteiger partial charge is 0.490 e. The van der Waals surface area contributed by atoms with E-state index in [4.69, 9.17) is 19.3 Å². The number of alkyl halides is 3.